The minimum absolute atomic E-state index is 0. The van der Waals surface area contributed by atoms with Crippen molar-refractivity contribution in [3.05, 3.63) is 0 Å². The number of morpholine rings is 1. The molecule has 2 heterocycles. The lowest BCUT2D eigenvalue weighted by Gasteiger charge is -2.24. The van der Waals surface area contributed by atoms with Crippen molar-refractivity contribution in [3.8, 4) is 0 Å². The van der Waals surface area contributed by atoms with Crippen LogP contribution in [0, 0.1) is 0 Å². The van der Waals surface area contributed by atoms with E-state index in [2.05, 4.69) is 10.2 Å². The highest BCUT2D eigenvalue weighted by molar-refractivity contribution is 5.85. The van der Waals surface area contributed by atoms with Crippen molar-refractivity contribution in [3.63, 3.8) is 0 Å². The highest BCUT2D eigenvalue weighted by atomic mass is 35.5. The lowest BCUT2D eigenvalue weighted by Crippen LogP contribution is -2.38. The number of halogens is 1. The van der Waals surface area contributed by atoms with Gasteiger partial charge in [-0.3, -0.25) is 0 Å². The van der Waals surface area contributed by atoms with Gasteiger partial charge in [0.15, 0.2) is 0 Å². The molecule has 2 saturated heterocycles. The predicted molar refractivity (Wildman–Crippen MR) is 64.8 cm³/mol. The maximum absolute atomic E-state index is 5.66. The van der Waals surface area contributed by atoms with Crippen LogP contribution in [0.3, 0.4) is 0 Å². The third-order valence-corrected chi connectivity index (χ3v) is 3.20. The van der Waals surface area contributed by atoms with E-state index < -0.39 is 0 Å². The van der Waals surface area contributed by atoms with Gasteiger partial charge < -0.3 is 15.0 Å². The van der Waals surface area contributed by atoms with Crippen molar-refractivity contribution in [1.82, 2.24) is 10.2 Å². The Morgan fingerprint density at radius 1 is 1.27 bits per heavy atom. The molecule has 0 aromatic heterocycles. The van der Waals surface area contributed by atoms with Gasteiger partial charge in [0.2, 0.25) is 0 Å². The van der Waals surface area contributed by atoms with E-state index in [1.165, 1.54) is 45.3 Å². The molecule has 1 atom stereocenters. The molecule has 0 aliphatic carbocycles. The maximum atomic E-state index is 5.66. The van der Waals surface area contributed by atoms with Gasteiger partial charge in [0, 0.05) is 13.1 Å². The molecule has 15 heavy (non-hydrogen) atoms. The molecule has 1 unspecified atom stereocenters. The largest absolute Gasteiger partial charge is 0.376 e. The van der Waals surface area contributed by atoms with Crippen molar-refractivity contribution in [2.75, 3.05) is 39.3 Å². The topological polar surface area (TPSA) is 24.5 Å². The van der Waals surface area contributed by atoms with E-state index in [0.717, 1.165) is 19.7 Å². The summed E-state index contributed by atoms with van der Waals surface area (Å²) in [5.74, 6) is 0. The molecule has 0 amide bonds. The molecule has 1 N–H and O–H groups in total. The molecule has 0 spiro atoms. The van der Waals surface area contributed by atoms with Gasteiger partial charge in [0.05, 0.1) is 12.7 Å². The molecule has 0 saturated carbocycles. The van der Waals surface area contributed by atoms with Crippen LogP contribution in [0.15, 0.2) is 0 Å². The Morgan fingerprint density at radius 3 is 2.73 bits per heavy atom. The van der Waals surface area contributed by atoms with Gasteiger partial charge >= 0.3 is 0 Å². The van der Waals surface area contributed by atoms with Crippen LogP contribution in [-0.4, -0.2) is 50.3 Å². The first-order valence-electron chi connectivity index (χ1n) is 6.00. The minimum Gasteiger partial charge on any atom is -0.376 e. The summed E-state index contributed by atoms with van der Waals surface area (Å²) < 4.78 is 5.66. The van der Waals surface area contributed by atoms with Crippen molar-refractivity contribution < 1.29 is 4.74 Å². The van der Waals surface area contributed by atoms with Gasteiger partial charge in [-0.25, -0.2) is 0 Å². The van der Waals surface area contributed by atoms with Crippen LogP contribution in [0.5, 0.6) is 0 Å². The first kappa shape index (κ1) is 13.2. The highest BCUT2D eigenvalue weighted by Gasteiger charge is 2.15. The summed E-state index contributed by atoms with van der Waals surface area (Å²) in [7, 11) is 0. The molecule has 0 aromatic rings. The molecular formula is C11H23ClN2O. The Bertz CT molecular complexity index is 157. The molecular weight excluding hydrogens is 212 g/mol. The number of hydrogen-bond donors (Lipinski definition) is 1. The summed E-state index contributed by atoms with van der Waals surface area (Å²) in [5.41, 5.74) is 0. The zero-order valence-electron chi connectivity index (χ0n) is 9.41. The Hall–Kier alpha value is 0.170. The average Bonchev–Trinajstić information content (AvgIpc) is 2.72. The SMILES string of the molecule is C1CCN(CCCC2CNCCO2)C1.Cl. The van der Waals surface area contributed by atoms with Gasteiger partial charge in [-0.2, -0.15) is 0 Å². The number of nitrogens with zero attached hydrogens (tertiary/aromatic N) is 1. The van der Waals surface area contributed by atoms with Crippen LogP contribution >= 0.6 is 12.4 Å². The first-order chi connectivity index (χ1) is 6.95. The number of ether oxygens (including phenoxy) is 1. The van der Waals surface area contributed by atoms with Gasteiger partial charge in [-0.05, 0) is 45.3 Å². The minimum atomic E-state index is 0. The third-order valence-electron chi connectivity index (χ3n) is 3.20. The average molecular weight is 235 g/mol. The molecule has 90 valence electrons. The molecule has 3 nitrogen and oxygen atoms in total. The number of rotatable bonds is 4. The Balaban J connectivity index is 0.00000112. The highest BCUT2D eigenvalue weighted by Crippen LogP contribution is 2.10. The van der Waals surface area contributed by atoms with Crippen LogP contribution in [0.4, 0.5) is 0 Å². The number of likely N-dealkylation sites (tertiary alicyclic amines) is 1. The van der Waals surface area contributed by atoms with E-state index >= 15 is 0 Å². The van der Waals surface area contributed by atoms with Crippen LogP contribution in [0.1, 0.15) is 25.7 Å². The second kappa shape index (κ2) is 7.44. The number of hydrogen-bond acceptors (Lipinski definition) is 3. The van der Waals surface area contributed by atoms with E-state index in [9.17, 15) is 0 Å². The zero-order chi connectivity index (χ0) is 9.64. The standard InChI is InChI=1S/C11H22N2O.ClH/c1-2-7-13(6-1)8-3-4-11-10-12-5-9-14-11;/h11-12H,1-10H2;1H. The molecule has 0 radical (unpaired) electrons. The van der Waals surface area contributed by atoms with Crippen molar-refractivity contribution in [1.29, 1.82) is 0 Å². The van der Waals surface area contributed by atoms with Crippen LogP contribution < -0.4 is 5.32 Å². The second-order valence-corrected chi connectivity index (χ2v) is 4.39. The Morgan fingerprint density at radius 2 is 2.07 bits per heavy atom. The fourth-order valence-electron chi connectivity index (χ4n) is 2.35. The smallest absolute Gasteiger partial charge is 0.0700 e. The summed E-state index contributed by atoms with van der Waals surface area (Å²) in [6.07, 6.45) is 5.81. The van der Waals surface area contributed by atoms with Gasteiger partial charge in [0.25, 0.3) is 0 Å². The third kappa shape index (κ3) is 4.68. The van der Waals surface area contributed by atoms with Gasteiger partial charge in [0.1, 0.15) is 0 Å². The lowest BCUT2D eigenvalue weighted by molar-refractivity contribution is 0.0211. The van der Waals surface area contributed by atoms with Gasteiger partial charge in [-0.15, -0.1) is 12.4 Å². The van der Waals surface area contributed by atoms with Crippen LogP contribution in [0.25, 0.3) is 0 Å². The molecule has 2 rings (SSSR count). The van der Waals surface area contributed by atoms with Crippen molar-refractivity contribution in [2.24, 2.45) is 0 Å². The quantitative estimate of drug-likeness (QED) is 0.793. The normalized spacial score (nSPS) is 27.6. The maximum Gasteiger partial charge on any atom is 0.0700 e. The van der Waals surface area contributed by atoms with E-state index in [1.807, 2.05) is 0 Å². The fourth-order valence-corrected chi connectivity index (χ4v) is 2.35. The first-order valence-corrected chi connectivity index (χ1v) is 6.00. The van der Waals surface area contributed by atoms with E-state index in [4.69, 9.17) is 4.74 Å². The number of nitrogens with one attached hydrogen (secondary N) is 1. The van der Waals surface area contributed by atoms with E-state index in [1.54, 1.807) is 0 Å². The summed E-state index contributed by atoms with van der Waals surface area (Å²) in [5, 5.41) is 3.37. The molecule has 0 bridgehead atoms. The summed E-state index contributed by atoms with van der Waals surface area (Å²) in [4.78, 5) is 2.58. The summed E-state index contributed by atoms with van der Waals surface area (Å²) in [6.45, 7) is 6.91. The van der Waals surface area contributed by atoms with E-state index in [0.29, 0.717) is 6.10 Å². The second-order valence-electron chi connectivity index (χ2n) is 4.39. The molecule has 4 heteroatoms. The van der Waals surface area contributed by atoms with Crippen LogP contribution in [0.2, 0.25) is 0 Å². The summed E-state index contributed by atoms with van der Waals surface area (Å²) >= 11 is 0. The summed E-state index contributed by atoms with van der Waals surface area (Å²) in [6, 6.07) is 0. The molecule has 2 aliphatic rings. The monoisotopic (exact) mass is 234 g/mol. The Kier molecular flexibility index (Phi) is 6.57. The van der Waals surface area contributed by atoms with Crippen molar-refractivity contribution in [2.45, 2.75) is 31.8 Å². The fraction of sp³-hybridized carbons (Fsp3) is 1.00. The molecule has 2 aliphatic heterocycles. The lowest BCUT2D eigenvalue weighted by atomic mass is 10.1. The van der Waals surface area contributed by atoms with Gasteiger partial charge in [-0.1, -0.05) is 0 Å². The zero-order valence-corrected chi connectivity index (χ0v) is 10.2. The Labute approximate surface area is 99.0 Å². The van der Waals surface area contributed by atoms with Crippen LogP contribution in [-0.2, 0) is 4.74 Å². The molecule has 0 aromatic carbocycles. The molecule has 2 fully saturated rings. The van der Waals surface area contributed by atoms with Crippen molar-refractivity contribution >= 4 is 12.4 Å². The predicted octanol–water partition coefficient (Wildman–Crippen LogP) is 1.27. The van der Waals surface area contributed by atoms with E-state index in [-0.39, 0.29) is 12.4 Å².